The molecule has 0 aliphatic carbocycles. The minimum absolute atomic E-state index is 0.00659. The van der Waals surface area contributed by atoms with E-state index in [4.69, 9.17) is 27.4 Å². The summed E-state index contributed by atoms with van der Waals surface area (Å²) in [5.41, 5.74) is 6.14. The van der Waals surface area contributed by atoms with Gasteiger partial charge in [-0.3, -0.25) is 4.79 Å². The van der Waals surface area contributed by atoms with Crippen LogP contribution in [0.5, 0.6) is 0 Å². The number of esters is 1. The summed E-state index contributed by atoms with van der Waals surface area (Å²) < 4.78 is 23.8. The Balaban J connectivity index is 2.94. The van der Waals surface area contributed by atoms with Gasteiger partial charge in [-0.2, -0.15) is 0 Å². The van der Waals surface area contributed by atoms with Gasteiger partial charge in [-0.25, -0.2) is 4.39 Å². The lowest BCUT2D eigenvalue weighted by molar-refractivity contribution is -0.141. The molecule has 0 amide bonds. The van der Waals surface area contributed by atoms with Gasteiger partial charge >= 0.3 is 5.97 Å². The topological polar surface area (TPSA) is 64.8 Å². The molecule has 0 heterocycles. The fourth-order valence-electron chi connectivity index (χ4n) is 1.76. The van der Waals surface area contributed by atoms with E-state index >= 15 is 0 Å². The molecule has 1 aromatic rings. The first-order chi connectivity index (χ1) is 9.99. The van der Waals surface area contributed by atoms with Crippen LogP contribution in [0.2, 0.25) is 0 Å². The molecule has 1 rings (SSSR count). The van der Waals surface area contributed by atoms with Crippen LogP contribution >= 0.6 is 12.2 Å². The van der Waals surface area contributed by atoms with Crippen molar-refractivity contribution in [2.24, 2.45) is 5.73 Å². The van der Waals surface area contributed by atoms with Gasteiger partial charge in [0.15, 0.2) is 0 Å². The van der Waals surface area contributed by atoms with Crippen LogP contribution in [-0.2, 0) is 14.3 Å². The van der Waals surface area contributed by atoms with Crippen LogP contribution in [0.1, 0.15) is 12.5 Å². The molecule has 0 saturated heterocycles. The van der Waals surface area contributed by atoms with Gasteiger partial charge in [0.2, 0.25) is 0 Å². The lowest BCUT2D eigenvalue weighted by atomic mass is 10.1. The van der Waals surface area contributed by atoms with Gasteiger partial charge in [-0.05, 0) is 25.1 Å². The highest BCUT2D eigenvalue weighted by Gasteiger charge is 2.15. The molecule has 7 heteroatoms. The van der Waals surface area contributed by atoms with Crippen LogP contribution in [0.3, 0.4) is 0 Å². The number of hydrogen-bond acceptors (Lipinski definition) is 5. The van der Waals surface area contributed by atoms with Crippen LogP contribution in [0.4, 0.5) is 10.1 Å². The van der Waals surface area contributed by atoms with E-state index in [2.05, 4.69) is 0 Å². The third kappa shape index (κ3) is 5.28. The molecular weight excluding hydrogens is 295 g/mol. The van der Waals surface area contributed by atoms with Crippen molar-refractivity contribution in [3.05, 3.63) is 29.6 Å². The van der Waals surface area contributed by atoms with Crippen LogP contribution < -0.4 is 10.6 Å². The van der Waals surface area contributed by atoms with E-state index < -0.39 is 5.82 Å². The van der Waals surface area contributed by atoms with Gasteiger partial charge in [0.1, 0.15) is 17.4 Å². The summed E-state index contributed by atoms with van der Waals surface area (Å²) in [6.07, 6.45) is 0. The summed E-state index contributed by atoms with van der Waals surface area (Å²) in [7, 11) is 1.55. The fourth-order valence-corrected chi connectivity index (χ4v) is 1.93. The second-order valence-electron chi connectivity index (χ2n) is 4.25. The number of carbonyl (C=O) groups excluding carboxylic acids is 1. The molecular formula is C14H19FN2O3S. The lowest BCUT2D eigenvalue weighted by Gasteiger charge is -2.23. The van der Waals surface area contributed by atoms with Crippen molar-refractivity contribution in [2.75, 3.05) is 38.3 Å². The van der Waals surface area contributed by atoms with Crippen molar-refractivity contribution in [1.82, 2.24) is 0 Å². The second-order valence-corrected chi connectivity index (χ2v) is 4.69. The second kappa shape index (κ2) is 8.53. The van der Waals surface area contributed by atoms with Gasteiger partial charge < -0.3 is 20.1 Å². The number of nitrogens with zero attached hydrogens (tertiary/aromatic N) is 1. The summed E-state index contributed by atoms with van der Waals surface area (Å²) in [5.74, 6) is -0.904. The first kappa shape index (κ1) is 17.3. The standard InChI is InChI=1S/C14H19FN2O3S/c1-3-20-13(18)9-17(6-7-19-2)10-4-5-11(14(16)21)12(15)8-10/h4-5,8H,3,6-7,9H2,1-2H3,(H2,16,21). The summed E-state index contributed by atoms with van der Waals surface area (Å²) in [5, 5.41) is 0. The van der Waals surface area contributed by atoms with Gasteiger partial charge in [-0.1, -0.05) is 12.2 Å². The zero-order chi connectivity index (χ0) is 15.8. The van der Waals surface area contributed by atoms with Crippen molar-refractivity contribution in [3.8, 4) is 0 Å². The Hall–Kier alpha value is -1.73. The highest BCUT2D eigenvalue weighted by atomic mass is 32.1. The van der Waals surface area contributed by atoms with Crippen LogP contribution in [0.25, 0.3) is 0 Å². The molecule has 0 atom stereocenters. The zero-order valence-corrected chi connectivity index (χ0v) is 12.9. The average Bonchev–Trinajstić information content (AvgIpc) is 2.43. The smallest absolute Gasteiger partial charge is 0.325 e. The molecule has 0 aliphatic heterocycles. The lowest BCUT2D eigenvalue weighted by Crippen LogP contribution is -2.34. The molecule has 2 N–H and O–H groups in total. The molecule has 0 fully saturated rings. The Bertz CT molecular complexity index is 511. The molecule has 5 nitrogen and oxygen atoms in total. The predicted octanol–water partition coefficient (Wildman–Crippen LogP) is 1.48. The first-order valence-electron chi connectivity index (χ1n) is 6.48. The minimum Gasteiger partial charge on any atom is -0.465 e. The van der Waals surface area contributed by atoms with Crippen molar-refractivity contribution in [3.63, 3.8) is 0 Å². The number of rotatable bonds is 8. The number of methoxy groups -OCH3 is 1. The Morgan fingerprint density at radius 1 is 1.48 bits per heavy atom. The van der Waals surface area contributed by atoms with E-state index in [1.54, 1.807) is 25.0 Å². The zero-order valence-electron chi connectivity index (χ0n) is 12.1. The van der Waals surface area contributed by atoms with E-state index in [-0.39, 0.29) is 23.1 Å². The van der Waals surface area contributed by atoms with Gasteiger partial charge in [0.25, 0.3) is 0 Å². The number of benzene rings is 1. The molecule has 0 spiro atoms. The summed E-state index contributed by atoms with van der Waals surface area (Å²) >= 11 is 4.76. The molecule has 1 aromatic carbocycles. The summed E-state index contributed by atoms with van der Waals surface area (Å²) in [6, 6.07) is 4.45. The first-order valence-corrected chi connectivity index (χ1v) is 6.89. The van der Waals surface area contributed by atoms with Gasteiger partial charge in [0.05, 0.1) is 13.2 Å². The molecule has 0 aliphatic rings. The normalized spacial score (nSPS) is 10.2. The van der Waals surface area contributed by atoms with E-state index in [9.17, 15) is 9.18 Å². The van der Waals surface area contributed by atoms with Crippen LogP contribution in [0.15, 0.2) is 18.2 Å². The van der Waals surface area contributed by atoms with Gasteiger partial charge in [0, 0.05) is 24.9 Å². The van der Waals surface area contributed by atoms with E-state index in [0.717, 1.165) is 0 Å². The molecule has 0 radical (unpaired) electrons. The van der Waals surface area contributed by atoms with Crippen molar-refractivity contribution in [1.29, 1.82) is 0 Å². The number of halogens is 1. The van der Waals surface area contributed by atoms with E-state index in [0.29, 0.717) is 25.4 Å². The molecule has 116 valence electrons. The van der Waals surface area contributed by atoms with Crippen molar-refractivity contribution < 1.29 is 18.7 Å². The van der Waals surface area contributed by atoms with Crippen molar-refractivity contribution in [2.45, 2.75) is 6.92 Å². The average molecular weight is 314 g/mol. The Kier molecular flexibility index (Phi) is 7.04. The molecule has 0 saturated carbocycles. The highest BCUT2D eigenvalue weighted by Crippen LogP contribution is 2.19. The van der Waals surface area contributed by atoms with Crippen LogP contribution in [-0.4, -0.2) is 44.4 Å². The van der Waals surface area contributed by atoms with E-state index in [1.807, 2.05) is 0 Å². The Morgan fingerprint density at radius 2 is 2.19 bits per heavy atom. The third-order valence-corrected chi connectivity index (χ3v) is 2.99. The molecule has 0 bridgehead atoms. The summed E-state index contributed by atoms with van der Waals surface area (Å²) in [6.45, 7) is 2.88. The summed E-state index contributed by atoms with van der Waals surface area (Å²) in [4.78, 5) is 13.3. The number of thiocarbonyl (C=S) groups is 1. The number of anilines is 1. The quantitative estimate of drug-likeness (QED) is 0.579. The predicted molar refractivity (Wildman–Crippen MR) is 83.0 cm³/mol. The molecule has 0 unspecified atom stereocenters. The fraction of sp³-hybridized carbons (Fsp3) is 0.429. The largest absolute Gasteiger partial charge is 0.465 e. The van der Waals surface area contributed by atoms with Crippen molar-refractivity contribution >= 4 is 28.9 Å². The van der Waals surface area contributed by atoms with Gasteiger partial charge in [-0.15, -0.1) is 0 Å². The maximum atomic E-state index is 13.9. The Morgan fingerprint density at radius 3 is 2.71 bits per heavy atom. The monoisotopic (exact) mass is 314 g/mol. The maximum Gasteiger partial charge on any atom is 0.325 e. The highest BCUT2D eigenvalue weighted by molar-refractivity contribution is 7.80. The molecule has 21 heavy (non-hydrogen) atoms. The number of ether oxygens (including phenoxy) is 2. The maximum absolute atomic E-state index is 13.9. The minimum atomic E-state index is -0.522. The van der Waals surface area contributed by atoms with Crippen LogP contribution in [0, 0.1) is 5.82 Å². The number of hydrogen-bond donors (Lipinski definition) is 1. The number of carbonyl (C=O) groups is 1. The molecule has 0 aromatic heterocycles. The number of nitrogens with two attached hydrogens (primary N) is 1. The van der Waals surface area contributed by atoms with E-state index in [1.165, 1.54) is 12.1 Å². The SMILES string of the molecule is CCOC(=O)CN(CCOC)c1ccc(C(N)=S)c(F)c1. The third-order valence-electron chi connectivity index (χ3n) is 2.77. The Labute approximate surface area is 128 Å².